The molecular weight excluding hydrogens is 348 g/mol. The highest BCUT2D eigenvalue weighted by atomic mass is 16.5. The van der Waals surface area contributed by atoms with Crippen LogP contribution in [0.2, 0.25) is 0 Å². The largest absolute Gasteiger partial charge is 0.497 e. The highest BCUT2D eigenvalue weighted by Crippen LogP contribution is 2.41. The van der Waals surface area contributed by atoms with E-state index < -0.39 is 0 Å². The Morgan fingerprint density at radius 1 is 0.607 bits per heavy atom. The third-order valence-corrected chi connectivity index (χ3v) is 5.16. The van der Waals surface area contributed by atoms with E-state index in [9.17, 15) is 9.59 Å². The van der Waals surface area contributed by atoms with E-state index in [1.807, 2.05) is 53.7 Å². The normalized spacial score (nSPS) is 21.8. The third-order valence-electron chi connectivity index (χ3n) is 5.16. The van der Waals surface area contributed by atoms with Gasteiger partial charge in [-0.25, -0.2) is 0 Å². The molecule has 0 fully saturated rings. The van der Waals surface area contributed by atoms with Gasteiger partial charge in [0.1, 0.15) is 5.76 Å². The molecule has 0 amide bonds. The average molecular weight is 383 g/mol. The number of carbonyl (C=O) groups is 2. The van der Waals surface area contributed by atoms with Crippen LogP contribution in [0.1, 0.15) is 62.3 Å². The van der Waals surface area contributed by atoms with Crippen LogP contribution in [-0.2, 0) is 14.3 Å². The number of ketones is 2. The number of Topliss-reactive ketones (excluding diaryl/α,β-unsaturated/α-hetero) is 2. The lowest BCUT2D eigenvalue weighted by molar-refractivity contribution is -0.115. The van der Waals surface area contributed by atoms with Crippen molar-refractivity contribution in [2.24, 2.45) is 16.2 Å². The van der Waals surface area contributed by atoms with Crippen molar-refractivity contribution in [2.75, 3.05) is 7.11 Å². The van der Waals surface area contributed by atoms with Crippen molar-refractivity contribution in [1.29, 1.82) is 0 Å². The van der Waals surface area contributed by atoms with Crippen LogP contribution < -0.4 is 0 Å². The molecule has 0 aromatic carbocycles. The highest BCUT2D eigenvalue weighted by molar-refractivity contribution is 6.22. The second-order valence-electron chi connectivity index (χ2n) is 10.7. The lowest BCUT2D eigenvalue weighted by atomic mass is 9.71. The van der Waals surface area contributed by atoms with Crippen molar-refractivity contribution in [3.8, 4) is 0 Å². The molecule has 0 aliphatic heterocycles. The first-order valence-corrected chi connectivity index (χ1v) is 9.83. The van der Waals surface area contributed by atoms with Gasteiger partial charge in [0, 0.05) is 22.3 Å². The van der Waals surface area contributed by atoms with Crippen LogP contribution in [0.15, 0.2) is 57.9 Å². The summed E-state index contributed by atoms with van der Waals surface area (Å²) in [5.74, 6) is 0.416. The zero-order valence-corrected chi connectivity index (χ0v) is 19.0. The second kappa shape index (κ2) is 7.02. The summed E-state index contributed by atoms with van der Waals surface area (Å²) in [6.45, 7) is 18.4. The molecule has 0 spiro atoms. The molecule has 0 atom stereocenters. The number of carbonyl (C=O) groups excluding carboxylic acids is 2. The molecular formula is C25H34O3. The molecule has 0 heterocycles. The zero-order chi connectivity index (χ0) is 21.7. The van der Waals surface area contributed by atoms with Gasteiger partial charge in [-0.05, 0) is 40.0 Å². The van der Waals surface area contributed by atoms with Crippen LogP contribution >= 0.6 is 0 Å². The highest BCUT2D eigenvalue weighted by Gasteiger charge is 2.36. The Morgan fingerprint density at radius 2 is 1.04 bits per heavy atom. The van der Waals surface area contributed by atoms with Crippen LogP contribution in [-0.4, -0.2) is 18.7 Å². The van der Waals surface area contributed by atoms with Crippen molar-refractivity contribution in [3.63, 3.8) is 0 Å². The van der Waals surface area contributed by atoms with Crippen molar-refractivity contribution in [2.45, 2.75) is 62.3 Å². The first-order valence-electron chi connectivity index (χ1n) is 9.83. The third kappa shape index (κ3) is 4.29. The van der Waals surface area contributed by atoms with E-state index in [1.54, 1.807) is 19.3 Å². The smallest absolute Gasteiger partial charge is 0.190 e. The summed E-state index contributed by atoms with van der Waals surface area (Å²) >= 11 is 0. The van der Waals surface area contributed by atoms with Gasteiger partial charge < -0.3 is 4.74 Å². The fourth-order valence-electron chi connectivity index (χ4n) is 3.30. The molecule has 0 bridgehead atoms. The van der Waals surface area contributed by atoms with E-state index in [0.29, 0.717) is 22.5 Å². The number of methoxy groups -OCH3 is 1. The van der Waals surface area contributed by atoms with Gasteiger partial charge in [0.2, 0.25) is 0 Å². The maximum absolute atomic E-state index is 13.4. The average Bonchev–Trinajstić information content (AvgIpc) is 2.52. The van der Waals surface area contributed by atoms with Gasteiger partial charge in [0.25, 0.3) is 0 Å². The molecule has 152 valence electrons. The molecule has 3 heteroatoms. The fourth-order valence-corrected chi connectivity index (χ4v) is 3.30. The van der Waals surface area contributed by atoms with Crippen molar-refractivity contribution in [3.05, 3.63) is 57.9 Å². The maximum Gasteiger partial charge on any atom is 0.190 e. The molecule has 0 N–H and O–H groups in total. The molecule has 2 aliphatic carbocycles. The summed E-state index contributed by atoms with van der Waals surface area (Å²) in [5.41, 5.74) is 2.51. The zero-order valence-electron chi connectivity index (χ0n) is 19.0. The standard InChI is InChI=1S/C25H34O3/c1-23(2,3)15-11-17(21(26)19(12-15)24(4,5)6)18-13-16(28-10)14-20(22(18)27)25(7,8)9/h11-14H,1-10H3/b18-17+. The molecule has 3 nitrogen and oxygen atoms in total. The topological polar surface area (TPSA) is 43.4 Å². The lowest BCUT2D eigenvalue weighted by Gasteiger charge is -2.32. The van der Waals surface area contributed by atoms with Crippen LogP contribution in [0.4, 0.5) is 0 Å². The first kappa shape index (κ1) is 22.1. The summed E-state index contributed by atoms with van der Waals surface area (Å²) in [6.07, 6.45) is 7.38. The Bertz CT molecular complexity index is 864. The molecule has 28 heavy (non-hydrogen) atoms. The summed E-state index contributed by atoms with van der Waals surface area (Å²) < 4.78 is 5.46. The van der Waals surface area contributed by atoms with E-state index >= 15 is 0 Å². The van der Waals surface area contributed by atoms with Gasteiger partial charge in [-0.3, -0.25) is 9.59 Å². The molecule has 0 aromatic heterocycles. The van der Waals surface area contributed by atoms with E-state index in [2.05, 4.69) is 20.8 Å². The fraction of sp³-hybridized carbons (Fsp3) is 0.520. The molecule has 0 aromatic rings. The second-order valence-corrected chi connectivity index (χ2v) is 10.7. The number of rotatable bonds is 1. The molecule has 0 saturated heterocycles. The van der Waals surface area contributed by atoms with Gasteiger partial charge in [0.05, 0.1) is 7.11 Å². The van der Waals surface area contributed by atoms with E-state index in [1.165, 1.54) is 0 Å². The van der Waals surface area contributed by atoms with Gasteiger partial charge >= 0.3 is 0 Å². The van der Waals surface area contributed by atoms with Crippen molar-refractivity contribution < 1.29 is 14.3 Å². The minimum absolute atomic E-state index is 0.0780. The summed E-state index contributed by atoms with van der Waals surface area (Å²) in [7, 11) is 1.58. The number of allylic oxidation sites excluding steroid dienone is 9. The van der Waals surface area contributed by atoms with E-state index in [-0.39, 0.29) is 27.8 Å². The van der Waals surface area contributed by atoms with Gasteiger partial charge in [0.15, 0.2) is 11.6 Å². The first-order chi connectivity index (χ1) is 12.6. The molecule has 0 unspecified atom stereocenters. The lowest BCUT2D eigenvalue weighted by Crippen LogP contribution is -2.28. The molecule has 2 aliphatic rings. The summed E-state index contributed by atoms with van der Waals surface area (Å²) in [4.78, 5) is 26.8. The van der Waals surface area contributed by atoms with Crippen LogP contribution in [0, 0.1) is 16.2 Å². The Hall–Kier alpha value is -2.16. The molecule has 0 radical (unpaired) electrons. The van der Waals surface area contributed by atoms with Crippen LogP contribution in [0.25, 0.3) is 0 Å². The van der Waals surface area contributed by atoms with Crippen molar-refractivity contribution >= 4 is 11.6 Å². The van der Waals surface area contributed by atoms with Crippen molar-refractivity contribution in [1.82, 2.24) is 0 Å². The van der Waals surface area contributed by atoms with Gasteiger partial charge in [-0.1, -0.05) is 68.4 Å². The van der Waals surface area contributed by atoms with Gasteiger partial charge in [-0.15, -0.1) is 0 Å². The minimum Gasteiger partial charge on any atom is -0.497 e. The van der Waals surface area contributed by atoms with Crippen LogP contribution in [0.3, 0.4) is 0 Å². The maximum atomic E-state index is 13.4. The monoisotopic (exact) mass is 382 g/mol. The molecule has 2 rings (SSSR count). The minimum atomic E-state index is -0.349. The Morgan fingerprint density at radius 3 is 1.43 bits per heavy atom. The number of ether oxygens (including phenoxy) is 1. The quantitative estimate of drug-likeness (QED) is 0.531. The molecule has 0 saturated carbocycles. The Labute approximate surface area is 169 Å². The summed E-state index contributed by atoms with van der Waals surface area (Å²) in [6, 6.07) is 0. The van der Waals surface area contributed by atoms with Gasteiger partial charge in [-0.2, -0.15) is 0 Å². The summed E-state index contributed by atoms with van der Waals surface area (Å²) in [5, 5.41) is 0. The Kier molecular flexibility index (Phi) is 5.55. The van der Waals surface area contributed by atoms with Crippen LogP contribution in [0.5, 0.6) is 0 Å². The predicted molar refractivity (Wildman–Crippen MR) is 115 cm³/mol. The predicted octanol–water partition coefficient (Wildman–Crippen LogP) is 5.90. The van der Waals surface area contributed by atoms with E-state index in [0.717, 1.165) is 11.1 Å². The number of hydrogen-bond donors (Lipinski definition) is 0. The SMILES string of the molecule is COC1=C/C(=C2/C=C(C(C)(C)C)C=C(C(C)(C)C)C2=O)C(=O)C(C(C)(C)C)=C1. The Balaban J connectivity index is 2.81. The van der Waals surface area contributed by atoms with E-state index in [4.69, 9.17) is 4.74 Å². The number of hydrogen-bond acceptors (Lipinski definition) is 3.